The summed E-state index contributed by atoms with van der Waals surface area (Å²) in [6.07, 6.45) is 6.89. The summed E-state index contributed by atoms with van der Waals surface area (Å²) in [5.41, 5.74) is 5.67. The van der Waals surface area contributed by atoms with Gasteiger partial charge in [0.25, 0.3) is 0 Å². The summed E-state index contributed by atoms with van der Waals surface area (Å²) in [5.74, 6) is 0. The van der Waals surface area contributed by atoms with Gasteiger partial charge in [0, 0.05) is 26.2 Å². The van der Waals surface area contributed by atoms with E-state index >= 15 is 0 Å². The van der Waals surface area contributed by atoms with E-state index in [0.29, 0.717) is 6.54 Å². The topological polar surface area (TPSA) is 38.5 Å². The van der Waals surface area contributed by atoms with Crippen molar-refractivity contribution >= 4 is 0 Å². The van der Waals surface area contributed by atoms with Crippen LogP contribution in [0, 0.1) is 0 Å². The van der Waals surface area contributed by atoms with Gasteiger partial charge in [0.1, 0.15) is 0 Å². The van der Waals surface area contributed by atoms with Crippen LogP contribution in [0.4, 0.5) is 0 Å². The van der Waals surface area contributed by atoms with Gasteiger partial charge in [0.2, 0.25) is 0 Å². The summed E-state index contributed by atoms with van der Waals surface area (Å²) in [4.78, 5) is 2.58. The lowest BCUT2D eigenvalue weighted by molar-refractivity contribution is 0.0387. The van der Waals surface area contributed by atoms with Crippen LogP contribution in [0.2, 0.25) is 0 Å². The Bertz CT molecular complexity index is 158. The van der Waals surface area contributed by atoms with Crippen molar-refractivity contribution in [1.82, 2.24) is 4.90 Å². The number of methoxy groups -OCH3 is 1. The maximum Gasteiger partial charge on any atom is 0.0820 e. The van der Waals surface area contributed by atoms with Crippen molar-refractivity contribution in [2.45, 2.75) is 51.2 Å². The normalized spacial score (nSPS) is 25.4. The summed E-state index contributed by atoms with van der Waals surface area (Å²) in [5, 5.41) is 0. The van der Waals surface area contributed by atoms with Crippen LogP contribution in [0.25, 0.3) is 0 Å². The Labute approximate surface area is 94.0 Å². The average Bonchev–Trinajstić information content (AvgIpc) is 2.28. The van der Waals surface area contributed by atoms with Gasteiger partial charge in [-0.15, -0.1) is 0 Å². The Kier molecular flexibility index (Phi) is 6.22. The van der Waals surface area contributed by atoms with Crippen molar-refractivity contribution in [2.24, 2.45) is 5.73 Å². The molecule has 2 atom stereocenters. The molecule has 1 rings (SSSR count). The molecule has 1 saturated heterocycles. The minimum atomic E-state index is 0.211. The maximum absolute atomic E-state index is 5.67. The smallest absolute Gasteiger partial charge is 0.0820 e. The number of hydrogen-bond donors (Lipinski definition) is 1. The largest absolute Gasteiger partial charge is 0.379 e. The first-order valence-corrected chi connectivity index (χ1v) is 6.28. The summed E-state index contributed by atoms with van der Waals surface area (Å²) in [6, 6.07) is 0.771. The van der Waals surface area contributed by atoms with E-state index in [4.69, 9.17) is 10.5 Å². The van der Waals surface area contributed by atoms with Crippen LogP contribution < -0.4 is 5.73 Å². The van der Waals surface area contributed by atoms with Gasteiger partial charge in [-0.25, -0.2) is 0 Å². The van der Waals surface area contributed by atoms with Gasteiger partial charge < -0.3 is 10.5 Å². The Hall–Kier alpha value is -0.120. The second kappa shape index (κ2) is 7.20. The molecule has 2 unspecified atom stereocenters. The van der Waals surface area contributed by atoms with Gasteiger partial charge in [-0.2, -0.15) is 0 Å². The van der Waals surface area contributed by atoms with Crippen LogP contribution in [0.15, 0.2) is 0 Å². The van der Waals surface area contributed by atoms with Crippen LogP contribution in [0.5, 0.6) is 0 Å². The van der Waals surface area contributed by atoms with Crippen LogP contribution in [-0.2, 0) is 4.74 Å². The predicted molar refractivity (Wildman–Crippen MR) is 64.0 cm³/mol. The van der Waals surface area contributed by atoms with E-state index in [1.807, 2.05) is 0 Å². The highest BCUT2D eigenvalue weighted by Gasteiger charge is 2.23. The molecule has 0 bridgehead atoms. The van der Waals surface area contributed by atoms with E-state index in [2.05, 4.69) is 11.8 Å². The summed E-state index contributed by atoms with van der Waals surface area (Å²) < 4.78 is 5.36. The van der Waals surface area contributed by atoms with E-state index in [-0.39, 0.29) is 6.10 Å². The second-order valence-electron chi connectivity index (χ2n) is 4.53. The molecule has 0 aromatic rings. The summed E-state index contributed by atoms with van der Waals surface area (Å²) in [6.45, 7) is 5.14. The third-order valence-corrected chi connectivity index (χ3v) is 3.41. The highest BCUT2D eigenvalue weighted by Crippen LogP contribution is 2.21. The van der Waals surface area contributed by atoms with Gasteiger partial charge in [0.15, 0.2) is 0 Å². The molecule has 90 valence electrons. The third-order valence-electron chi connectivity index (χ3n) is 3.41. The van der Waals surface area contributed by atoms with Gasteiger partial charge in [-0.1, -0.05) is 19.8 Å². The molecular formula is C12H26N2O. The van der Waals surface area contributed by atoms with Crippen LogP contribution in [0.3, 0.4) is 0 Å². The Morgan fingerprint density at radius 3 is 2.87 bits per heavy atom. The number of piperidine rings is 1. The fourth-order valence-electron chi connectivity index (χ4n) is 2.47. The first-order valence-electron chi connectivity index (χ1n) is 6.28. The minimum Gasteiger partial charge on any atom is -0.379 e. The lowest BCUT2D eigenvalue weighted by Crippen LogP contribution is -2.45. The molecule has 1 aliphatic heterocycles. The second-order valence-corrected chi connectivity index (χ2v) is 4.53. The van der Waals surface area contributed by atoms with Crippen molar-refractivity contribution in [2.75, 3.05) is 26.7 Å². The van der Waals surface area contributed by atoms with E-state index in [1.165, 1.54) is 38.6 Å². The molecule has 0 saturated carbocycles. The fraction of sp³-hybridized carbons (Fsp3) is 1.00. The zero-order chi connectivity index (χ0) is 11.1. The van der Waals surface area contributed by atoms with Crippen molar-refractivity contribution < 1.29 is 4.74 Å². The lowest BCUT2D eigenvalue weighted by atomic mass is 9.98. The minimum absolute atomic E-state index is 0.211. The molecule has 0 aromatic carbocycles. The zero-order valence-electron chi connectivity index (χ0n) is 10.2. The van der Waals surface area contributed by atoms with Crippen LogP contribution in [0.1, 0.15) is 39.0 Å². The summed E-state index contributed by atoms with van der Waals surface area (Å²) in [7, 11) is 1.76. The molecule has 1 heterocycles. The number of hydrogen-bond acceptors (Lipinski definition) is 3. The van der Waals surface area contributed by atoms with E-state index < -0.39 is 0 Å². The molecule has 0 aliphatic carbocycles. The molecule has 0 amide bonds. The number of nitrogens with two attached hydrogens (primary N) is 1. The SMILES string of the molecule is CCCC1CCCCN1CC(CN)OC. The quantitative estimate of drug-likeness (QED) is 0.730. The molecule has 1 fully saturated rings. The van der Waals surface area contributed by atoms with Crippen molar-refractivity contribution in [3.05, 3.63) is 0 Å². The number of rotatable bonds is 6. The van der Waals surface area contributed by atoms with Gasteiger partial charge in [-0.3, -0.25) is 4.90 Å². The van der Waals surface area contributed by atoms with E-state index in [0.717, 1.165) is 12.6 Å². The lowest BCUT2D eigenvalue weighted by Gasteiger charge is -2.37. The van der Waals surface area contributed by atoms with Crippen molar-refractivity contribution in [3.8, 4) is 0 Å². The molecule has 3 heteroatoms. The molecule has 15 heavy (non-hydrogen) atoms. The zero-order valence-corrected chi connectivity index (χ0v) is 10.2. The van der Waals surface area contributed by atoms with Crippen molar-refractivity contribution in [3.63, 3.8) is 0 Å². The third kappa shape index (κ3) is 4.09. The maximum atomic E-state index is 5.67. The molecule has 3 nitrogen and oxygen atoms in total. The van der Waals surface area contributed by atoms with Gasteiger partial charge in [0.05, 0.1) is 6.10 Å². The van der Waals surface area contributed by atoms with Gasteiger partial charge >= 0.3 is 0 Å². The monoisotopic (exact) mass is 214 g/mol. The molecule has 0 radical (unpaired) electrons. The van der Waals surface area contributed by atoms with E-state index in [1.54, 1.807) is 7.11 Å². The predicted octanol–water partition coefficient (Wildman–Crippen LogP) is 1.61. The Morgan fingerprint density at radius 1 is 1.47 bits per heavy atom. The number of likely N-dealkylation sites (tertiary alicyclic amines) is 1. The molecule has 0 spiro atoms. The molecular weight excluding hydrogens is 188 g/mol. The molecule has 2 N–H and O–H groups in total. The van der Waals surface area contributed by atoms with Gasteiger partial charge in [-0.05, 0) is 25.8 Å². The number of nitrogens with zero attached hydrogens (tertiary/aromatic N) is 1. The number of ether oxygens (including phenoxy) is 1. The first-order chi connectivity index (χ1) is 7.31. The van der Waals surface area contributed by atoms with Crippen LogP contribution >= 0.6 is 0 Å². The Morgan fingerprint density at radius 2 is 2.27 bits per heavy atom. The molecule has 0 aromatic heterocycles. The molecule has 1 aliphatic rings. The highest BCUT2D eigenvalue weighted by molar-refractivity contribution is 4.79. The van der Waals surface area contributed by atoms with Crippen LogP contribution in [-0.4, -0.2) is 43.8 Å². The highest BCUT2D eigenvalue weighted by atomic mass is 16.5. The fourth-order valence-corrected chi connectivity index (χ4v) is 2.47. The van der Waals surface area contributed by atoms with E-state index in [9.17, 15) is 0 Å². The standard InChI is InChI=1S/C12H26N2O/c1-3-6-11-7-4-5-8-14(11)10-12(9-13)15-2/h11-12H,3-10,13H2,1-2H3. The first kappa shape index (κ1) is 12.9. The van der Waals surface area contributed by atoms with Crippen molar-refractivity contribution in [1.29, 1.82) is 0 Å². The average molecular weight is 214 g/mol. The Balaban J connectivity index is 2.40. The summed E-state index contributed by atoms with van der Waals surface area (Å²) >= 11 is 0.